The third-order valence-electron chi connectivity index (χ3n) is 9.91. The number of carboxylic acids is 1. The molecule has 51 heavy (non-hydrogen) atoms. The molecule has 0 spiro atoms. The standard InChI is InChI=1S/C37H51N7O7/c1-2-3-9-24-51-37(50)44-22-20-43(21-23-44)36(49)29(12-13-33(46)47)39-35(48)30-26-31(40-34(38-30)28-10-5-4-6-11-28)41-18-14-27(15-19-41)25-32(45)42-16-7-8-17-42/h4-6,10-11,26-27,29H,2-3,7-9,12-25H2,1H3,(H,39,48)(H,46,47)/t29-/m0/s1. The molecule has 3 aliphatic rings. The molecule has 5 rings (SSSR count). The van der Waals surface area contributed by atoms with Crippen LogP contribution in [0.2, 0.25) is 0 Å². The predicted molar refractivity (Wildman–Crippen MR) is 190 cm³/mol. The summed E-state index contributed by atoms with van der Waals surface area (Å²) in [5, 5.41) is 12.2. The molecule has 2 N–H and O–H groups in total. The first-order valence-corrected chi connectivity index (χ1v) is 18.4. The van der Waals surface area contributed by atoms with Gasteiger partial charge in [-0.15, -0.1) is 0 Å². The highest BCUT2D eigenvalue weighted by molar-refractivity contribution is 5.97. The van der Waals surface area contributed by atoms with Crippen molar-refractivity contribution in [3.63, 3.8) is 0 Å². The number of ether oxygens (including phenoxy) is 1. The first-order chi connectivity index (χ1) is 24.7. The van der Waals surface area contributed by atoms with E-state index in [1.165, 1.54) is 0 Å². The van der Waals surface area contributed by atoms with Crippen molar-refractivity contribution < 1.29 is 33.8 Å². The minimum absolute atomic E-state index is 0.0638. The summed E-state index contributed by atoms with van der Waals surface area (Å²) in [5.74, 6) is -0.665. The molecule has 0 aliphatic carbocycles. The Balaban J connectivity index is 1.26. The number of aliphatic carboxylic acids is 1. The summed E-state index contributed by atoms with van der Waals surface area (Å²) in [6, 6.07) is 9.82. The van der Waals surface area contributed by atoms with E-state index in [2.05, 4.69) is 22.1 Å². The number of hydrogen-bond acceptors (Lipinski definition) is 9. The molecule has 1 aromatic carbocycles. The van der Waals surface area contributed by atoms with Gasteiger partial charge in [0.15, 0.2) is 5.82 Å². The van der Waals surface area contributed by atoms with Gasteiger partial charge in [-0.3, -0.25) is 19.2 Å². The van der Waals surface area contributed by atoms with Crippen molar-refractivity contribution in [1.82, 2.24) is 30.0 Å². The Morgan fingerprint density at radius 3 is 2.24 bits per heavy atom. The maximum absolute atomic E-state index is 13.8. The number of benzene rings is 1. The number of anilines is 1. The van der Waals surface area contributed by atoms with E-state index in [4.69, 9.17) is 9.72 Å². The third-order valence-corrected chi connectivity index (χ3v) is 9.91. The third kappa shape index (κ3) is 10.6. The van der Waals surface area contributed by atoms with E-state index in [-0.39, 0.29) is 56.5 Å². The highest BCUT2D eigenvalue weighted by Gasteiger charge is 2.32. The van der Waals surface area contributed by atoms with E-state index in [1.807, 2.05) is 35.2 Å². The molecule has 0 bridgehead atoms. The number of nitrogens with one attached hydrogen (secondary N) is 1. The summed E-state index contributed by atoms with van der Waals surface area (Å²) in [6.45, 7) is 6.47. The molecule has 3 fully saturated rings. The second kappa shape index (κ2) is 18.5. The summed E-state index contributed by atoms with van der Waals surface area (Å²) in [6.07, 6.45) is 6.28. The van der Waals surface area contributed by atoms with Gasteiger partial charge in [0.05, 0.1) is 6.61 Å². The van der Waals surface area contributed by atoms with E-state index in [1.54, 1.807) is 15.9 Å². The molecule has 14 heteroatoms. The number of nitrogens with zero attached hydrogens (tertiary/aromatic N) is 6. The molecule has 3 saturated heterocycles. The first-order valence-electron chi connectivity index (χ1n) is 18.4. The van der Waals surface area contributed by atoms with Crippen LogP contribution in [0.3, 0.4) is 0 Å². The van der Waals surface area contributed by atoms with Gasteiger partial charge >= 0.3 is 12.1 Å². The van der Waals surface area contributed by atoms with Crippen molar-refractivity contribution in [2.24, 2.45) is 5.92 Å². The fourth-order valence-corrected chi connectivity index (χ4v) is 6.83. The lowest BCUT2D eigenvalue weighted by molar-refractivity contribution is -0.138. The van der Waals surface area contributed by atoms with Crippen LogP contribution in [0.25, 0.3) is 11.4 Å². The number of amides is 4. The van der Waals surface area contributed by atoms with Crippen molar-refractivity contribution in [3.05, 3.63) is 42.1 Å². The normalized spacial score (nSPS) is 17.3. The molecule has 3 aliphatic heterocycles. The Labute approximate surface area is 299 Å². The second-order valence-corrected chi connectivity index (χ2v) is 13.6. The summed E-state index contributed by atoms with van der Waals surface area (Å²) >= 11 is 0. The van der Waals surface area contributed by atoms with Crippen molar-refractivity contribution in [3.8, 4) is 11.4 Å². The van der Waals surface area contributed by atoms with Crippen molar-refractivity contribution >= 4 is 35.6 Å². The van der Waals surface area contributed by atoms with Crippen molar-refractivity contribution in [2.75, 3.05) is 63.9 Å². The fraction of sp³-hybridized carbons (Fsp3) is 0.595. The van der Waals surface area contributed by atoms with Crippen LogP contribution in [-0.4, -0.2) is 125 Å². The SMILES string of the molecule is CCCCCOC(=O)N1CCN(C(=O)[C@H](CCC(=O)O)NC(=O)c2cc(N3CCC(CC(=O)N4CCCC4)CC3)nc(-c3ccccc3)n2)CC1. The van der Waals surface area contributed by atoms with Gasteiger partial charge in [0.2, 0.25) is 11.8 Å². The number of carboxylic acid groups (broad SMARTS) is 1. The van der Waals surface area contributed by atoms with Crippen LogP contribution in [0.15, 0.2) is 36.4 Å². The van der Waals surface area contributed by atoms with E-state index in [0.29, 0.717) is 37.8 Å². The molecule has 0 radical (unpaired) electrons. The Kier molecular flexibility index (Phi) is 13.6. The van der Waals surface area contributed by atoms with Gasteiger partial charge < -0.3 is 34.8 Å². The minimum Gasteiger partial charge on any atom is -0.481 e. The lowest BCUT2D eigenvalue weighted by Gasteiger charge is -2.36. The largest absolute Gasteiger partial charge is 0.481 e. The first kappa shape index (κ1) is 37.5. The van der Waals surface area contributed by atoms with E-state index >= 15 is 0 Å². The number of rotatable bonds is 14. The summed E-state index contributed by atoms with van der Waals surface area (Å²) < 4.78 is 5.36. The van der Waals surface area contributed by atoms with Gasteiger partial charge in [-0.2, -0.15) is 0 Å². The molecule has 1 aromatic heterocycles. The van der Waals surface area contributed by atoms with Crippen LogP contribution >= 0.6 is 0 Å². The summed E-state index contributed by atoms with van der Waals surface area (Å²) in [4.78, 5) is 80.9. The van der Waals surface area contributed by atoms with E-state index < -0.39 is 29.9 Å². The van der Waals surface area contributed by atoms with Crippen LogP contribution in [0, 0.1) is 5.92 Å². The topological polar surface area (TPSA) is 166 Å². The fourth-order valence-electron chi connectivity index (χ4n) is 6.83. The number of piperazine rings is 1. The minimum atomic E-state index is -1.11. The van der Waals surface area contributed by atoms with Crippen molar-refractivity contribution in [1.29, 1.82) is 0 Å². The molecule has 4 heterocycles. The molecule has 1 atom stereocenters. The van der Waals surface area contributed by atoms with Crippen LogP contribution in [0.4, 0.5) is 10.6 Å². The Morgan fingerprint density at radius 2 is 1.57 bits per heavy atom. The number of piperidine rings is 1. The number of carbonyl (C=O) groups excluding carboxylic acids is 4. The zero-order valence-electron chi connectivity index (χ0n) is 29.6. The lowest BCUT2D eigenvalue weighted by Crippen LogP contribution is -2.56. The predicted octanol–water partition coefficient (Wildman–Crippen LogP) is 3.81. The van der Waals surface area contributed by atoms with Crippen molar-refractivity contribution in [2.45, 2.75) is 77.2 Å². The molecule has 0 unspecified atom stereocenters. The van der Waals surface area contributed by atoms with Gasteiger partial charge in [0.25, 0.3) is 5.91 Å². The Bertz CT molecular complexity index is 1500. The molecule has 276 valence electrons. The molecular formula is C37H51N7O7. The molecular weight excluding hydrogens is 654 g/mol. The van der Waals surface area contributed by atoms with Crippen LogP contribution in [-0.2, 0) is 19.1 Å². The van der Waals surface area contributed by atoms with Gasteiger partial charge in [-0.25, -0.2) is 14.8 Å². The lowest BCUT2D eigenvalue weighted by atomic mass is 9.93. The maximum atomic E-state index is 13.8. The Morgan fingerprint density at radius 1 is 0.882 bits per heavy atom. The molecule has 0 saturated carbocycles. The number of carbonyl (C=O) groups is 5. The smallest absolute Gasteiger partial charge is 0.409 e. The highest BCUT2D eigenvalue weighted by atomic mass is 16.6. The van der Waals surface area contributed by atoms with Crippen LogP contribution in [0.1, 0.15) is 81.6 Å². The van der Waals surface area contributed by atoms with E-state index in [0.717, 1.165) is 63.6 Å². The molecule has 4 amide bonds. The number of unbranched alkanes of at least 4 members (excludes halogenated alkanes) is 2. The molecule has 2 aromatic rings. The highest BCUT2D eigenvalue weighted by Crippen LogP contribution is 2.28. The maximum Gasteiger partial charge on any atom is 0.409 e. The molecule has 14 nitrogen and oxygen atoms in total. The zero-order chi connectivity index (χ0) is 36.2. The average molecular weight is 706 g/mol. The zero-order valence-corrected chi connectivity index (χ0v) is 29.6. The number of aromatic nitrogens is 2. The van der Waals surface area contributed by atoms with Gasteiger partial charge in [-0.05, 0) is 44.4 Å². The summed E-state index contributed by atoms with van der Waals surface area (Å²) in [7, 11) is 0. The second-order valence-electron chi connectivity index (χ2n) is 13.6. The quantitative estimate of drug-likeness (QED) is 0.276. The average Bonchev–Trinajstić information content (AvgIpc) is 3.71. The van der Waals surface area contributed by atoms with Gasteiger partial charge in [0.1, 0.15) is 17.6 Å². The van der Waals surface area contributed by atoms with Gasteiger partial charge in [-0.1, -0.05) is 50.1 Å². The van der Waals surface area contributed by atoms with Gasteiger partial charge in [0, 0.05) is 76.8 Å². The number of likely N-dealkylation sites (tertiary alicyclic amines) is 1. The van der Waals surface area contributed by atoms with E-state index in [9.17, 15) is 29.1 Å². The van der Waals surface area contributed by atoms with Crippen LogP contribution in [0.5, 0.6) is 0 Å². The number of hydrogen-bond donors (Lipinski definition) is 2. The monoisotopic (exact) mass is 705 g/mol. The van der Waals surface area contributed by atoms with Crippen LogP contribution < -0.4 is 10.2 Å². The Hall–Kier alpha value is -4.75. The summed E-state index contributed by atoms with van der Waals surface area (Å²) in [5.41, 5.74) is 0.786.